The topological polar surface area (TPSA) is 66.5 Å². The van der Waals surface area contributed by atoms with Gasteiger partial charge in [0.2, 0.25) is 0 Å². The average Bonchev–Trinajstić information content (AvgIpc) is 2.95. The second-order valence-electron chi connectivity index (χ2n) is 6.52. The second kappa shape index (κ2) is 6.79. The fourth-order valence-corrected chi connectivity index (χ4v) is 4.12. The Morgan fingerprint density at radius 3 is 2.48 bits per heavy atom. The highest BCUT2D eigenvalue weighted by Crippen LogP contribution is 2.37. The van der Waals surface area contributed by atoms with Crippen LogP contribution in [0.4, 0.5) is 0 Å². The van der Waals surface area contributed by atoms with Crippen molar-refractivity contribution in [3.63, 3.8) is 0 Å². The number of carbonyl (C=O) groups is 1. The number of hydrogen-bond donors (Lipinski definition) is 1. The van der Waals surface area contributed by atoms with Crippen LogP contribution in [0.25, 0.3) is 0 Å². The molecule has 1 amide bonds. The monoisotopic (exact) mass is 358 g/mol. The van der Waals surface area contributed by atoms with E-state index in [4.69, 9.17) is 0 Å². The van der Waals surface area contributed by atoms with Gasteiger partial charge >= 0.3 is 0 Å². The van der Waals surface area contributed by atoms with Crippen LogP contribution >= 0.6 is 12.4 Å². The Labute approximate surface area is 143 Å². The molecule has 2 aliphatic heterocycles. The number of piperidine rings is 1. The van der Waals surface area contributed by atoms with E-state index in [1.807, 2.05) is 4.90 Å². The van der Waals surface area contributed by atoms with Crippen molar-refractivity contribution >= 4 is 28.2 Å². The van der Waals surface area contributed by atoms with Gasteiger partial charge in [0.15, 0.2) is 9.84 Å². The maximum Gasteiger partial charge on any atom is 0.253 e. The minimum Gasteiger partial charge on any atom is -0.339 e. The maximum atomic E-state index is 12.6. The zero-order chi connectivity index (χ0) is 15.8. The molecule has 2 fully saturated rings. The van der Waals surface area contributed by atoms with Crippen LogP contribution in [0.15, 0.2) is 29.2 Å². The van der Waals surface area contributed by atoms with Crippen molar-refractivity contribution in [2.45, 2.75) is 24.2 Å². The van der Waals surface area contributed by atoms with Crippen LogP contribution in [0.3, 0.4) is 0 Å². The first kappa shape index (κ1) is 18.2. The molecule has 128 valence electrons. The molecule has 0 radical (unpaired) electrons. The molecule has 0 aliphatic carbocycles. The van der Waals surface area contributed by atoms with Crippen molar-refractivity contribution in [3.8, 4) is 0 Å². The molecule has 0 bridgehead atoms. The van der Waals surface area contributed by atoms with Crippen molar-refractivity contribution in [2.24, 2.45) is 5.41 Å². The third-order valence-corrected chi connectivity index (χ3v) is 6.06. The Hall–Kier alpha value is -1.11. The Balaban J connectivity index is 0.00000192. The summed E-state index contributed by atoms with van der Waals surface area (Å²) in [6.07, 6.45) is 4.40. The van der Waals surface area contributed by atoms with E-state index in [1.54, 1.807) is 12.1 Å². The zero-order valence-corrected chi connectivity index (χ0v) is 14.9. The molecule has 1 spiro atoms. The Morgan fingerprint density at radius 2 is 1.91 bits per heavy atom. The molecule has 0 atom stereocenters. The van der Waals surface area contributed by atoms with Crippen LogP contribution in [-0.2, 0) is 9.84 Å². The third kappa shape index (κ3) is 3.87. The van der Waals surface area contributed by atoms with Crippen molar-refractivity contribution in [1.29, 1.82) is 0 Å². The molecule has 1 aromatic rings. The lowest BCUT2D eigenvalue weighted by molar-refractivity contribution is 0.0607. The molecule has 0 saturated carbocycles. The van der Waals surface area contributed by atoms with Crippen LogP contribution in [0.2, 0.25) is 0 Å². The lowest BCUT2D eigenvalue weighted by Gasteiger charge is -2.38. The average molecular weight is 359 g/mol. The molecule has 2 saturated heterocycles. The highest BCUT2D eigenvalue weighted by atomic mass is 35.5. The summed E-state index contributed by atoms with van der Waals surface area (Å²) >= 11 is 0. The van der Waals surface area contributed by atoms with Gasteiger partial charge in [-0.25, -0.2) is 8.42 Å². The largest absolute Gasteiger partial charge is 0.339 e. The molecule has 7 heteroatoms. The number of rotatable bonds is 2. The molecule has 23 heavy (non-hydrogen) atoms. The minimum absolute atomic E-state index is 0. The quantitative estimate of drug-likeness (QED) is 0.874. The molecule has 2 aliphatic rings. The predicted molar refractivity (Wildman–Crippen MR) is 91.9 cm³/mol. The number of hydrogen-bond acceptors (Lipinski definition) is 4. The first-order chi connectivity index (χ1) is 10.4. The minimum atomic E-state index is -3.29. The highest BCUT2D eigenvalue weighted by Gasteiger charge is 2.38. The van der Waals surface area contributed by atoms with Gasteiger partial charge < -0.3 is 10.2 Å². The standard InChI is InChI=1S/C16H22N2O3S.ClH/c1-22(20,21)14-4-2-3-13(11-14)15(19)18-9-6-16(7-10-18)5-8-17-12-16;/h2-4,11,17H,5-10,12H2,1H3;1H. The van der Waals surface area contributed by atoms with E-state index in [0.717, 1.165) is 45.3 Å². The molecule has 2 heterocycles. The number of amides is 1. The molecular weight excluding hydrogens is 336 g/mol. The Morgan fingerprint density at radius 1 is 1.22 bits per heavy atom. The van der Waals surface area contributed by atoms with Crippen LogP contribution < -0.4 is 5.32 Å². The number of nitrogens with zero attached hydrogens (tertiary/aromatic N) is 1. The SMILES string of the molecule is CS(=O)(=O)c1cccc(C(=O)N2CCC3(CCNC3)CC2)c1.Cl. The number of benzene rings is 1. The van der Waals surface area contributed by atoms with Gasteiger partial charge in [0.05, 0.1) is 4.90 Å². The summed E-state index contributed by atoms with van der Waals surface area (Å²) < 4.78 is 23.2. The fourth-order valence-electron chi connectivity index (χ4n) is 3.45. The van der Waals surface area contributed by atoms with E-state index in [-0.39, 0.29) is 23.2 Å². The molecule has 1 N–H and O–H groups in total. The fraction of sp³-hybridized carbons (Fsp3) is 0.562. The van der Waals surface area contributed by atoms with Crippen molar-refractivity contribution in [1.82, 2.24) is 10.2 Å². The molecule has 1 aromatic carbocycles. The van der Waals surface area contributed by atoms with E-state index in [2.05, 4.69) is 5.32 Å². The molecule has 5 nitrogen and oxygen atoms in total. The van der Waals surface area contributed by atoms with Crippen molar-refractivity contribution < 1.29 is 13.2 Å². The lowest BCUT2D eigenvalue weighted by Crippen LogP contribution is -2.44. The number of halogens is 1. The van der Waals surface area contributed by atoms with Crippen molar-refractivity contribution in [2.75, 3.05) is 32.4 Å². The molecule has 3 rings (SSSR count). The van der Waals surface area contributed by atoms with Crippen LogP contribution in [0, 0.1) is 5.41 Å². The van der Waals surface area contributed by atoms with Gasteiger partial charge in [0.1, 0.15) is 0 Å². The Kier molecular flexibility index (Phi) is 5.38. The summed E-state index contributed by atoms with van der Waals surface area (Å²) in [5, 5.41) is 3.41. The summed E-state index contributed by atoms with van der Waals surface area (Å²) in [6.45, 7) is 3.64. The first-order valence-corrected chi connectivity index (χ1v) is 9.59. The highest BCUT2D eigenvalue weighted by molar-refractivity contribution is 7.90. The van der Waals surface area contributed by atoms with Gasteiger partial charge in [-0.1, -0.05) is 6.07 Å². The summed E-state index contributed by atoms with van der Waals surface area (Å²) in [5.41, 5.74) is 0.828. The number of sulfone groups is 1. The van der Waals surface area contributed by atoms with E-state index >= 15 is 0 Å². The van der Waals surface area contributed by atoms with Gasteiger partial charge in [0.25, 0.3) is 5.91 Å². The van der Waals surface area contributed by atoms with Gasteiger partial charge in [-0.2, -0.15) is 0 Å². The molecular formula is C16H23ClN2O3S. The van der Waals surface area contributed by atoms with Crippen LogP contribution in [0.5, 0.6) is 0 Å². The summed E-state index contributed by atoms with van der Waals surface area (Å²) in [5.74, 6) is -0.0636. The van der Waals surface area contributed by atoms with E-state index in [9.17, 15) is 13.2 Å². The van der Waals surface area contributed by atoms with E-state index in [0.29, 0.717) is 11.0 Å². The summed E-state index contributed by atoms with van der Waals surface area (Å²) in [4.78, 5) is 14.7. The molecule has 0 unspecified atom stereocenters. The smallest absolute Gasteiger partial charge is 0.253 e. The third-order valence-electron chi connectivity index (χ3n) is 4.95. The van der Waals surface area contributed by atoms with E-state index in [1.165, 1.54) is 18.6 Å². The van der Waals surface area contributed by atoms with Crippen molar-refractivity contribution in [3.05, 3.63) is 29.8 Å². The predicted octanol–water partition coefficient (Wildman–Crippen LogP) is 1.73. The van der Waals surface area contributed by atoms with Gasteiger partial charge in [-0.05, 0) is 49.4 Å². The number of likely N-dealkylation sites (tertiary alicyclic amines) is 1. The van der Waals surface area contributed by atoms with Gasteiger partial charge in [-0.3, -0.25) is 4.79 Å². The second-order valence-corrected chi connectivity index (χ2v) is 8.53. The first-order valence-electron chi connectivity index (χ1n) is 7.70. The van der Waals surface area contributed by atoms with Crippen LogP contribution in [-0.4, -0.2) is 51.7 Å². The van der Waals surface area contributed by atoms with E-state index < -0.39 is 9.84 Å². The van der Waals surface area contributed by atoms with Gasteiger partial charge in [-0.15, -0.1) is 12.4 Å². The Bertz CT molecular complexity index is 674. The normalized spacial score (nSPS) is 20.3. The lowest BCUT2D eigenvalue weighted by atomic mass is 9.78. The summed E-state index contributed by atoms with van der Waals surface area (Å²) in [7, 11) is -3.29. The summed E-state index contributed by atoms with van der Waals surface area (Å²) in [6, 6.07) is 6.34. The number of nitrogens with one attached hydrogen (secondary N) is 1. The number of carbonyl (C=O) groups excluding carboxylic acids is 1. The zero-order valence-electron chi connectivity index (χ0n) is 13.2. The van der Waals surface area contributed by atoms with Gasteiger partial charge in [0, 0.05) is 31.5 Å². The molecule has 0 aromatic heterocycles. The maximum absolute atomic E-state index is 12.6. The van der Waals surface area contributed by atoms with Crippen LogP contribution in [0.1, 0.15) is 29.6 Å².